The van der Waals surface area contributed by atoms with Crippen molar-refractivity contribution in [2.24, 2.45) is 0 Å². The molecule has 2 aromatic carbocycles. The Kier molecular flexibility index (Phi) is 5.87. The Labute approximate surface area is 143 Å². The molecule has 0 aliphatic carbocycles. The normalized spacial score (nSPS) is 11.6. The van der Waals surface area contributed by atoms with Crippen LogP contribution in [0.2, 0.25) is 0 Å². The molecule has 0 radical (unpaired) electrons. The number of anilines is 2. The highest BCUT2D eigenvalue weighted by Gasteiger charge is 2.13. The average Bonchev–Trinajstić information content (AvgIpc) is 2.48. The summed E-state index contributed by atoms with van der Waals surface area (Å²) in [5.41, 5.74) is 3.36. The summed E-state index contributed by atoms with van der Waals surface area (Å²) in [6.45, 7) is 3.21. The van der Waals surface area contributed by atoms with Gasteiger partial charge in [-0.05, 0) is 42.3 Å². The summed E-state index contributed by atoms with van der Waals surface area (Å²) in [7, 11) is -0.939. The molecule has 2 rings (SSSR count). The van der Waals surface area contributed by atoms with Crippen LogP contribution in [0.4, 0.5) is 11.4 Å². The summed E-state index contributed by atoms with van der Waals surface area (Å²) in [6.07, 6.45) is 1.64. The number of hydrogen-bond acceptors (Lipinski definition) is 3. The molecule has 0 spiro atoms. The van der Waals surface area contributed by atoms with Gasteiger partial charge in [0, 0.05) is 46.7 Å². The fourth-order valence-corrected chi connectivity index (χ4v) is 3.03. The quantitative estimate of drug-likeness (QED) is 0.875. The minimum absolute atomic E-state index is 0.184. The van der Waals surface area contributed by atoms with E-state index in [0.29, 0.717) is 28.3 Å². The molecule has 5 nitrogen and oxygen atoms in total. The zero-order valence-electron chi connectivity index (χ0n) is 13.9. The van der Waals surface area contributed by atoms with E-state index in [4.69, 9.17) is 0 Å². The van der Waals surface area contributed by atoms with Gasteiger partial charge in [-0.1, -0.05) is 18.2 Å². The summed E-state index contributed by atoms with van der Waals surface area (Å²) >= 11 is 0. The van der Waals surface area contributed by atoms with Gasteiger partial charge in [-0.15, -0.1) is 0 Å². The van der Waals surface area contributed by atoms with E-state index in [1.807, 2.05) is 18.2 Å². The second-order valence-corrected chi connectivity index (χ2v) is 6.97. The Morgan fingerprint density at radius 1 is 1.08 bits per heavy atom. The first-order valence-corrected chi connectivity index (χ1v) is 9.17. The van der Waals surface area contributed by atoms with Crippen molar-refractivity contribution in [2.45, 2.75) is 19.6 Å². The zero-order chi connectivity index (χ0) is 17.7. The van der Waals surface area contributed by atoms with E-state index in [-0.39, 0.29) is 11.8 Å². The fourth-order valence-electron chi connectivity index (χ4n) is 2.38. The maximum absolute atomic E-state index is 12.5. The molecular formula is C18H20N2O3S. The predicted molar refractivity (Wildman–Crippen MR) is 97.6 cm³/mol. The van der Waals surface area contributed by atoms with Crippen LogP contribution in [0.25, 0.3) is 0 Å². The first-order valence-electron chi connectivity index (χ1n) is 7.44. The van der Waals surface area contributed by atoms with E-state index >= 15 is 0 Å². The molecule has 0 aromatic heterocycles. The lowest BCUT2D eigenvalue weighted by Crippen LogP contribution is -2.15. The third kappa shape index (κ3) is 4.76. The molecule has 2 aromatic rings. The number of amides is 2. The molecule has 126 valence electrons. The van der Waals surface area contributed by atoms with E-state index < -0.39 is 10.8 Å². The SMILES string of the molecule is CC(=O)Nc1cccc(C(=O)Nc2cccc(CS(C)=O)c2)c1C. The number of hydrogen-bond donors (Lipinski definition) is 2. The second kappa shape index (κ2) is 7.88. The maximum atomic E-state index is 12.5. The smallest absolute Gasteiger partial charge is 0.256 e. The Bertz CT molecular complexity index is 803. The minimum atomic E-state index is -0.939. The zero-order valence-corrected chi connectivity index (χ0v) is 14.7. The van der Waals surface area contributed by atoms with Crippen LogP contribution < -0.4 is 10.6 Å². The first kappa shape index (κ1) is 17.9. The van der Waals surface area contributed by atoms with Gasteiger partial charge >= 0.3 is 0 Å². The van der Waals surface area contributed by atoms with Crippen molar-refractivity contribution >= 4 is 34.0 Å². The summed E-state index contributed by atoms with van der Waals surface area (Å²) in [5, 5.41) is 5.55. The third-order valence-corrected chi connectivity index (χ3v) is 4.18. The minimum Gasteiger partial charge on any atom is -0.326 e. The van der Waals surface area contributed by atoms with Gasteiger partial charge in [0.05, 0.1) is 0 Å². The molecule has 0 heterocycles. The van der Waals surface area contributed by atoms with Crippen LogP contribution in [0.1, 0.15) is 28.4 Å². The Morgan fingerprint density at radius 2 is 1.79 bits per heavy atom. The van der Waals surface area contributed by atoms with Crippen molar-refractivity contribution in [1.29, 1.82) is 0 Å². The summed E-state index contributed by atoms with van der Waals surface area (Å²) < 4.78 is 11.3. The van der Waals surface area contributed by atoms with Crippen molar-refractivity contribution < 1.29 is 13.8 Å². The number of rotatable bonds is 5. The molecule has 24 heavy (non-hydrogen) atoms. The largest absolute Gasteiger partial charge is 0.326 e. The molecule has 1 unspecified atom stereocenters. The van der Waals surface area contributed by atoms with Crippen LogP contribution >= 0.6 is 0 Å². The maximum Gasteiger partial charge on any atom is 0.256 e. The lowest BCUT2D eigenvalue weighted by Gasteiger charge is -2.12. The molecule has 2 N–H and O–H groups in total. The lowest BCUT2D eigenvalue weighted by molar-refractivity contribution is -0.114. The van der Waals surface area contributed by atoms with E-state index in [1.54, 1.807) is 37.4 Å². The van der Waals surface area contributed by atoms with E-state index in [2.05, 4.69) is 10.6 Å². The molecule has 0 aliphatic rings. The van der Waals surface area contributed by atoms with E-state index in [0.717, 1.165) is 5.56 Å². The van der Waals surface area contributed by atoms with Gasteiger partial charge in [-0.3, -0.25) is 13.8 Å². The number of nitrogens with one attached hydrogen (secondary N) is 2. The highest BCUT2D eigenvalue weighted by atomic mass is 32.2. The molecule has 0 saturated heterocycles. The van der Waals surface area contributed by atoms with Crippen molar-refractivity contribution in [1.82, 2.24) is 0 Å². The van der Waals surface area contributed by atoms with Crippen molar-refractivity contribution in [3.8, 4) is 0 Å². The van der Waals surface area contributed by atoms with E-state index in [1.165, 1.54) is 6.92 Å². The standard InChI is InChI=1S/C18H20N2O3S/c1-12-16(8-5-9-17(12)19-13(2)21)18(22)20-15-7-4-6-14(10-15)11-24(3)23/h4-10H,11H2,1-3H3,(H,19,21)(H,20,22). The highest BCUT2D eigenvalue weighted by molar-refractivity contribution is 7.83. The molecule has 1 atom stereocenters. The van der Waals surface area contributed by atoms with Crippen LogP contribution in [-0.2, 0) is 21.3 Å². The van der Waals surface area contributed by atoms with Crippen molar-refractivity contribution in [3.63, 3.8) is 0 Å². The third-order valence-electron chi connectivity index (χ3n) is 3.44. The van der Waals surface area contributed by atoms with Gasteiger partial charge in [-0.2, -0.15) is 0 Å². The molecule has 0 aliphatic heterocycles. The van der Waals surface area contributed by atoms with Crippen molar-refractivity contribution in [2.75, 3.05) is 16.9 Å². The number of carbonyl (C=O) groups excluding carboxylic acids is 2. The monoisotopic (exact) mass is 344 g/mol. The van der Waals surface area contributed by atoms with Gasteiger partial charge in [0.15, 0.2) is 0 Å². The fraction of sp³-hybridized carbons (Fsp3) is 0.222. The lowest BCUT2D eigenvalue weighted by atomic mass is 10.1. The molecule has 0 bridgehead atoms. The van der Waals surface area contributed by atoms with Crippen LogP contribution in [0, 0.1) is 6.92 Å². The van der Waals surface area contributed by atoms with Gasteiger partial charge in [-0.25, -0.2) is 0 Å². The van der Waals surface area contributed by atoms with Gasteiger partial charge in [0.1, 0.15) is 0 Å². The van der Waals surface area contributed by atoms with Gasteiger partial charge in [0.25, 0.3) is 5.91 Å². The number of carbonyl (C=O) groups is 2. The van der Waals surface area contributed by atoms with Crippen LogP contribution in [0.5, 0.6) is 0 Å². The predicted octanol–water partition coefficient (Wildman–Crippen LogP) is 3.08. The summed E-state index contributed by atoms with van der Waals surface area (Å²) in [6, 6.07) is 12.5. The Hall–Kier alpha value is -2.47. The molecular weight excluding hydrogens is 324 g/mol. The van der Waals surface area contributed by atoms with Crippen LogP contribution in [0.3, 0.4) is 0 Å². The summed E-state index contributed by atoms with van der Waals surface area (Å²) in [5.74, 6) is 0.00575. The Morgan fingerprint density at radius 3 is 2.46 bits per heavy atom. The van der Waals surface area contributed by atoms with Crippen LogP contribution in [0.15, 0.2) is 42.5 Å². The molecule has 2 amide bonds. The molecule has 6 heteroatoms. The summed E-state index contributed by atoms with van der Waals surface area (Å²) in [4.78, 5) is 23.7. The first-order chi connectivity index (χ1) is 11.4. The van der Waals surface area contributed by atoms with Crippen LogP contribution in [-0.4, -0.2) is 22.3 Å². The topological polar surface area (TPSA) is 75.3 Å². The average molecular weight is 344 g/mol. The second-order valence-electron chi connectivity index (χ2n) is 5.53. The van der Waals surface area contributed by atoms with Gasteiger partial charge < -0.3 is 10.6 Å². The van der Waals surface area contributed by atoms with Crippen molar-refractivity contribution in [3.05, 3.63) is 59.2 Å². The molecule has 0 saturated carbocycles. The Balaban J connectivity index is 2.21. The van der Waals surface area contributed by atoms with Gasteiger partial charge in [0.2, 0.25) is 5.91 Å². The molecule has 0 fully saturated rings. The highest BCUT2D eigenvalue weighted by Crippen LogP contribution is 2.21. The van der Waals surface area contributed by atoms with E-state index in [9.17, 15) is 13.8 Å². The number of benzene rings is 2.